The van der Waals surface area contributed by atoms with Gasteiger partial charge < -0.3 is 14.5 Å². The summed E-state index contributed by atoms with van der Waals surface area (Å²) < 4.78 is 10.8. The molecule has 0 bridgehead atoms. The number of rotatable bonds is 6. The number of para-hydroxylation sites is 2. The number of anilines is 1. The number of carbonyl (C=O) groups excluding carboxylic acids is 2. The van der Waals surface area contributed by atoms with Crippen LogP contribution in [0, 0.1) is 0 Å². The molecule has 5 nitrogen and oxygen atoms in total. The van der Waals surface area contributed by atoms with Crippen LogP contribution in [-0.4, -0.2) is 18.0 Å². The van der Waals surface area contributed by atoms with Crippen molar-refractivity contribution in [2.75, 3.05) is 5.32 Å². The van der Waals surface area contributed by atoms with Gasteiger partial charge in [-0.05, 0) is 43.0 Å². The van der Waals surface area contributed by atoms with Gasteiger partial charge in [0.15, 0.2) is 6.10 Å². The van der Waals surface area contributed by atoms with E-state index >= 15 is 0 Å². The molecule has 0 saturated carbocycles. The molecule has 1 heterocycles. The lowest BCUT2D eigenvalue weighted by Crippen LogP contribution is -2.30. The summed E-state index contributed by atoms with van der Waals surface area (Å²) in [6.45, 7) is 5.75. The largest absolute Gasteiger partial charge is 0.449 e. The Labute approximate surface area is 158 Å². The molecule has 2 aromatic carbocycles. The SMILES string of the molecule is CC[C@H](C)c1ccccc1NC(=O)[C@@H](C)OC(=O)c1cc2ccccc2o1. The van der Waals surface area contributed by atoms with E-state index in [-0.39, 0.29) is 11.7 Å². The van der Waals surface area contributed by atoms with E-state index in [0.717, 1.165) is 23.1 Å². The molecule has 3 aromatic rings. The van der Waals surface area contributed by atoms with Crippen LogP contribution in [0.15, 0.2) is 59.0 Å². The van der Waals surface area contributed by atoms with Gasteiger partial charge in [-0.1, -0.05) is 50.2 Å². The minimum absolute atomic E-state index is 0.0795. The first-order valence-corrected chi connectivity index (χ1v) is 9.09. The van der Waals surface area contributed by atoms with Crippen molar-refractivity contribution in [3.8, 4) is 0 Å². The molecule has 0 aliphatic rings. The minimum Gasteiger partial charge on any atom is -0.449 e. The molecule has 0 unspecified atom stereocenters. The van der Waals surface area contributed by atoms with Crippen LogP contribution in [0.5, 0.6) is 0 Å². The van der Waals surface area contributed by atoms with Gasteiger partial charge in [-0.15, -0.1) is 0 Å². The molecule has 3 rings (SSSR count). The Bertz CT molecular complexity index is 927. The van der Waals surface area contributed by atoms with Crippen LogP contribution in [0.25, 0.3) is 11.0 Å². The highest BCUT2D eigenvalue weighted by Gasteiger charge is 2.22. The minimum atomic E-state index is -0.948. The quantitative estimate of drug-likeness (QED) is 0.615. The normalized spacial score (nSPS) is 13.1. The number of amides is 1. The molecule has 1 amide bonds. The third kappa shape index (κ3) is 4.19. The number of hydrogen-bond donors (Lipinski definition) is 1. The maximum atomic E-state index is 12.5. The van der Waals surface area contributed by atoms with E-state index in [1.54, 1.807) is 19.1 Å². The summed E-state index contributed by atoms with van der Waals surface area (Å²) in [7, 11) is 0. The van der Waals surface area contributed by atoms with Crippen LogP contribution < -0.4 is 5.32 Å². The van der Waals surface area contributed by atoms with Gasteiger partial charge in [0.05, 0.1) is 0 Å². The zero-order chi connectivity index (χ0) is 19.4. The van der Waals surface area contributed by atoms with E-state index in [4.69, 9.17) is 9.15 Å². The van der Waals surface area contributed by atoms with Gasteiger partial charge in [0, 0.05) is 11.1 Å². The van der Waals surface area contributed by atoms with Crippen molar-refractivity contribution < 1.29 is 18.7 Å². The fourth-order valence-electron chi connectivity index (χ4n) is 2.85. The zero-order valence-electron chi connectivity index (χ0n) is 15.7. The Morgan fingerprint density at radius 1 is 1.07 bits per heavy atom. The van der Waals surface area contributed by atoms with Gasteiger partial charge in [-0.25, -0.2) is 4.79 Å². The van der Waals surface area contributed by atoms with Crippen molar-refractivity contribution >= 4 is 28.5 Å². The number of esters is 1. The molecular formula is C22H23NO4. The van der Waals surface area contributed by atoms with E-state index in [0.29, 0.717) is 11.5 Å². The number of fused-ring (bicyclic) bond motifs is 1. The van der Waals surface area contributed by atoms with Crippen molar-refractivity contribution in [3.05, 3.63) is 65.9 Å². The standard InChI is InChI=1S/C22H23NO4/c1-4-14(2)17-10-6-7-11-18(17)23-21(24)15(3)26-22(25)20-13-16-9-5-8-12-19(16)27-20/h5-15H,4H2,1-3H3,(H,23,24)/t14-,15+/m0/s1. The van der Waals surface area contributed by atoms with E-state index in [2.05, 4.69) is 19.2 Å². The van der Waals surface area contributed by atoms with Gasteiger partial charge in [0.25, 0.3) is 5.91 Å². The summed E-state index contributed by atoms with van der Waals surface area (Å²) in [5.74, 6) is -0.648. The van der Waals surface area contributed by atoms with E-state index in [9.17, 15) is 9.59 Å². The average Bonchev–Trinajstić information content (AvgIpc) is 3.12. The smallest absolute Gasteiger partial charge is 0.375 e. The van der Waals surface area contributed by atoms with Gasteiger partial charge in [0.2, 0.25) is 5.76 Å². The van der Waals surface area contributed by atoms with E-state index in [1.165, 1.54) is 0 Å². The second-order valence-corrected chi connectivity index (χ2v) is 6.58. The van der Waals surface area contributed by atoms with Crippen LogP contribution >= 0.6 is 0 Å². The first kappa shape index (κ1) is 18.7. The molecule has 2 atom stereocenters. The molecule has 5 heteroatoms. The summed E-state index contributed by atoms with van der Waals surface area (Å²) in [4.78, 5) is 24.8. The maximum Gasteiger partial charge on any atom is 0.375 e. The molecular weight excluding hydrogens is 342 g/mol. The van der Waals surface area contributed by atoms with Crippen LogP contribution in [0.4, 0.5) is 5.69 Å². The zero-order valence-corrected chi connectivity index (χ0v) is 15.7. The van der Waals surface area contributed by atoms with Gasteiger partial charge >= 0.3 is 5.97 Å². The highest BCUT2D eigenvalue weighted by molar-refractivity contribution is 5.98. The van der Waals surface area contributed by atoms with Gasteiger partial charge in [-0.3, -0.25) is 4.79 Å². The summed E-state index contributed by atoms with van der Waals surface area (Å²) in [5, 5.41) is 3.67. The molecule has 0 aliphatic carbocycles. The Kier molecular flexibility index (Phi) is 5.60. The predicted molar refractivity (Wildman–Crippen MR) is 105 cm³/mol. The lowest BCUT2D eigenvalue weighted by molar-refractivity contribution is -0.123. The van der Waals surface area contributed by atoms with Gasteiger partial charge in [-0.2, -0.15) is 0 Å². The molecule has 0 radical (unpaired) electrons. The number of nitrogens with one attached hydrogen (secondary N) is 1. The van der Waals surface area contributed by atoms with E-state index < -0.39 is 12.1 Å². The van der Waals surface area contributed by atoms with Crippen molar-refractivity contribution in [1.29, 1.82) is 0 Å². The fourth-order valence-corrected chi connectivity index (χ4v) is 2.85. The van der Waals surface area contributed by atoms with Crippen LogP contribution in [-0.2, 0) is 9.53 Å². The molecule has 1 N–H and O–H groups in total. The Hall–Kier alpha value is -3.08. The molecule has 0 aliphatic heterocycles. The third-order valence-corrected chi connectivity index (χ3v) is 4.64. The number of hydrogen-bond acceptors (Lipinski definition) is 4. The van der Waals surface area contributed by atoms with Crippen LogP contribution in [0.3, 0.4) is 0 Å². The monoisotopic (exact) mass is 365 g/mol. The number of carbonyl (C=O) groups is 2. The number of ether oxygens (including phenoxy) is 1. The Morgan fingerprint density at radius 3 is 2.52 bits per heavy atom. The molecule has 140 valence electrons. The topological polar surface area (TPSA) is 68.5 Å². The first-order chi connectivity index (χ1) is 13.0. The van der Waals surface area contributed by atoms with Crippen molar-refractivity contribution in [3.63, 3.8) is 0 Å². The summed E-state index contributed by atoms with van der Waals surface area (Å²) in [6.07, 6.45) is 0.0134. The molecule has 1 aromatic heterocycles. The summed E-state index contributed by atoms with van der Waals surface area (Å²) in [6, 6.07) is 16.6. The fraction of sp³-hybridized carbons (Fsp3) is 0.273. The lowest BCUT2D eigenvalue weighted by atomic mass is 9.97. The summed E-state index contributed by atoms with van der Waals surface area (Å²) in [5.41, 5.74) is 2.40. The highest BCUT2D eigenvalue weighted by atomic mass is 16.6. The van der Waals surface area contributed by atoms with Gasteiger partial charge in [0.1, 0.15) is 5.58 Å². The van der Waals surface area contributed by atoms with Crippen LogP contribution in [0.1, 0.15) is 49.2 Å². The Balaban J connectivity index is 1.68. The maximum absolute atomic E-state index is 12.5. The number of benzene rings is 2. The number of furan rings is 1. The van der Waals surface area contributed by atoms with Crippen molar-refractivity contribution in [1.82, 2.24) is 0 Å². The lowest BCUT2D eigenvalue weighted by Gasteiger charge is -2.17. The highest BCUT2D eigenvalue weighted by Crippen LogP contribution is 2.27. The summed E-state index contributed by atoms with van der Waals surface area (Å²) >= 11 is 0. The molecule has 0 saturated heterocycles. The third-order valence-electron chi connectivity index (χ3n) is 4.64. The van der Waals surface area contributed by atoms with Crippen molar-refractivity contribution in [2.45, 2.75) is 39.2 Å². The molecule has 27 heavy (non-hydrogen) atoms. The Morgan fingerprint density at radius 2 is 1.78 bits per heavy atom. The predicted octanol–water partition coefficient (Wildman–Crippen LogP) is 5.13. The van der Waals surface area contributed by atoms with E-state index in [1.807, 2.05) is 42.5 Å². The van der Waals surface area contributed by atoms with Crippen molar-refractivity contribution in [2.24, 2.45) is 0 Å². The second kappa shape index (κ2) is 8.08. The second-order valence-electron chi connectivity index (χ2n) is 6.58. The first-order valence-electron chi connectivity index (χ1n) is 9.09. The van der Waals surface area contributed by atoms with Crippen LogP contribution in [0.2, 0.25) is 0 Å². The molecule has 0 fully saturated rings. The molecule has 0 spiro atoms. The average molecular weight is 365 g/mol.